The molecule has 3 rings (SSSR count). The third kappa shape index (κ3) is 3.11. The van der Waals surface area contributed by atoms with Gasteiger partial charge in [-0.2, -0.15) is 10.2 Å². The van der Waals surface area contributed by atoms with Gasteiger partial charge in [0, 0.05) is 18.3 Å². The van der Waals surface area contributed by atoms with Crippen LogP contribution in [0.4, 0.5) is 0 Å². The summed E-state index contributed by atoms with van der Waals surface area (Å²) in [5.41, 5.74) is 1.91. The van der Waals surface area contributed by atoms with Crippen LogP contribution in [0.2, 0.25) is 0 Å². The summed E-state index contributed by atoms with van der Waals surface area (Å²) in [7, 11) is 1.86. The molecule has 118 valence electrons. The van der Waals surface area contributed by atoms with Gasteiger partial charge in [-0.1, -0.05) is 0 Å². The lowest BCUT2D eigenvalue weighted by molar-refractivity contribution is -0.121. The first kappa shape index (κ1) is 14.6. The predicted molar refractivity (Wildman–Crippen MR) is 77.4 cm³/mol. The highest BCUT2D eigenvalue weighted by Gasteiger charge is 2.31. The summed E-state index contributed by atoms with van der Waals surface area (Å²) in [4.78, 5) is 12.2. The van der Waals surface area contributed by atoms with E-state index in [9.17, 15) is 4.79 Å². The van der Waals surface area contributed by atoms with Crippen molar-refractivity contribution in [3.8, 4) is 5.75 Å². The Labute approximate surface area is 127 Å². The fourth-order valence-electron chi connectivity index (χ4n) is 2.41. The Balaban J connectivity index is 1.57. The summed E-state index contributed by atoms with van der Waals surface area (Å²) in [5, 5.41) is 13.6. The second-order valence-electron chi connectivity index (χ2n) is 5.36. The van der Waals surface area contributed by atoms with E-state index in [0.717, 1.165) is 11.3 Å². The quantitative estimate of drug-likeness (QED) is 0.808. The Morgan fingerprint density at radius 1 is 1.55 bits per heavy atom. The van der Waals surface area contributed by atoms with Gasteiger partial charge in [-0.3, -0.25) is 14.6 Å². The first-order chi connectivity index (χ1) is 10.6. The van der Waals surface area contributed by atoms with Gasteiger partial charge in [0.15, 0.2) is 5.75 Å². The molecular formula is C14H19N5O3. The van der Waals surface area contributed by atoms with Crippen LogP contribution in [0.3, 0.4) is 0 Å². The number of H-pyrrole nitrogens is 1. The van der Waals surface area contributed by atoms with E-state index >= 15 is 0 Å². The molecule has 1 aliphatic heterocycles. The van der Waals surface area contributed by atoms with Gasteiger partial charge in [-0.25, -0.2) is 0 Å². The van der Waals surface area contributed by atoms with Crippen molar-refractivity contribution < 1.29 is 14.3 Å². The second kappa shape index (κ2) is 6.18. The molecule has 0 saturated carbocycles. The molecule has 8 nitrogen and oxygen atoms in total. The van der Waals surface area contributed by atoms with Gasteiger partial charge in [0.25, 0.3) is 0 Å². The second-order valence-corrected chi connectivity index (χ2v) is 5.36. The molecule has 0 unspecified atom stereocenters. The highest BCUT2D eigenvalue weighted by atomic mass is 16.5. The van der Waals surface area contributed by atoms with Crippen molar-refractivity contribution in [3.05, 3.63) is 29.8 Å². The number of carbonyl (C=O) groups excluding carboxylic acids is 1. The molecule has 2 aromatic rings. The number of aromatic amines is 1. The maximum absolute atomic E-state index is 12.2. The average Bonchev–Trinajstić information content (AvgIpc) is 3.20. The van der Waals surface area contributed by atoms with Crippen LogP contribution in [0.25, 0.3) is 0 Å². The molecule has 1 aliphatic rings. The molecule has 8 heteroatoms. The van der Waals surface area contributed by atoms with Crippen molar-refractivity contribution in [1.29, 1.82) is 0 Å². The topological polar surface area (TPSA) is 94.1 Å². The lowest BCUT2D eigenvalue weighted by Crippen LogP contribution is -2.45. The molecule has 2 N–H and O–H groups in total. The molecule has 0 radical (unpaired) electrons. The number of carbonyl (C=O) groups is 1. The highest BCUT2D eigenvalue weighted by molar-refractivity contribution is 5.79. The van der Waals surface area contributed by atoms with Crippen molar-refractivity contribution in [1.82, 2.24) is 25.3 Å². The molecular weight excluding hydrogens is 286 g/mol. The zero-order valence-electron chi connectivity index (χ0n) is 12.6. The number of nitrogens with one attached hydrogen (secondary N) is 2. The predicted octanol–water partition coefficient (Wildman–Crippen LogP) is -0.0433. The standard InChI is InChI=1S/C14H19N5O3/c1-9-10(4-17-19(9)2)3-14(20)18-12-7-21-8-13(12)22-11-5-15-16-6-11/h4-6,12-13H,3,7-8H2,1-2H3,(H,15,16)(H,18,20)/t12-,13+/m0/s1. The van der Waals surface area contributed by atoms with E-state index in [1.54, 1.807) is 23.3 Å². The van der Waals surface area contributed by atoms with Crippen molar-refractivity contribution >= 4 is 5.91 Å². The van der Waals surface area contributed by atoms with E-state index in [-0.39, 0.29) is 18.1 Å². The number of hydrogen-bond acceptors (Lipinski definition) is 5. The minimum absolute atomic E-state index is 0.0626. The molecule has 1 amide bonds. The largest absolute Gasteiger partial charge is 0.482 e. The third-order valence-electron chi connectivity index (χ3n) is 3.82. The molecule has 2 aromatic heterocycles. The van der Waals surface area contributed by atoms with Crippen molar-refractivity contribution in [2.45, 2.75) is 25.5 Å². The van der Waals surface area contributed by atoms with Crippen LogP contribution < -0.4 is 10.1 Å². The molecule has 1 saturated heterocycles. The van der Waals surface area contributed by atoms with Gasteiger partial charge in [-0.15, -0.1) is 0 Å². The van der Waals surface area contributed by atoms with Crippen LogP contribution in [0.5, 0.6) is 5.75 Å². The lowest BCUT2D eigenvalue weighted by atomic mass is 10.1. The van der Waals surface area contributed by atoms with Crippen LogP contribution in [-0.4, -0.2) is 51.2 Å². The number of rotatable bonds is 5. The molecule has 0 bridgehead atoms. The van der Waals surface area contributed by atoms with E-state index < -0.39 is 0 Å². The summed E-state index contributed by atoms with van der Waals surface area (Å²) >= 11 is 0. The zero-order chi connectivity index (χ0) is 15.5. The van der Waals surface area contributed by atoms with Crippen molar-refractivity contribution in [3.63, 3.8) is 0 Å². The maximum Gasteiger partial charge on any atom is 0.224 e. The first-order valence-electron chi connectivity index (χ1n) is 7.13. The van der Waals surface area contributed by atoms with Gasteiger partial charge in [-0.05, 0) is 6.92 Å². The molecule has 22 heavy (non-hydrogen) atoms. The van der Waals surface area contributed by atoms with Gasteiger partial charge in [0.2, 0.25) is 5.91 Å². The zero-order valence-corrected chi connectivity index (χ0v) is 12.6. The smallest absolute Gasteiger partial charge is 0.224 e. The molecule has 1 fully saturated rings. The number of amides is 1. The normalized spacial score (nSPS) is 21.0. The summed E-state index contributed by atoms with van der Waals surface area (Å²) in [6.07, 6.45) is 5.07. The monoisotopic (exact) mass is 305 g/mol. The Morgan fingerprint density at radius 3 is 3.09 bits per heavy atom. The molecule has 0 aliphatic carbocycles. The highest BCUT2D eigenvalue weighted by Crippen LogP contribution is 2.16. The number of aryl methyl sites for hydroxylation is 1. The van der Waals surface area contributed by atoms with E-state index in [4.69, 9.17) is 9.47 Å². The third-order valence-corrected chi connectivity index (χ3v) is 3.82. The van der Waals surface area contributed by atoms with E-state index in [1.165, 1.54) is 0 Å². The van der Waals surface area contributed by atoms with Crippen LogP contribution in [0.1, 0.15) is 11.3 Å². The fraction of sp³-hybridized carbons (Fsp3) is 0.500. The summed E-state index contributed by atoms with van der Waals surface area (Å²) in [6.45, 7) is 2.83. The number of aromatic nitrogens is 4. The Kier molecular flexibility index (Phi) is 4.10. The van der Waals surface area contributed by atoms with Crippen LogP contribution >= 0.6 is 0 Å². The van der Waals surface area contributed by atoms with E-state index in [2.05, 4.69) is 20.6 Å². The molecule has 0 spiro atoms. The van der Waals surface area contributed by atoms with Crippen LogP contribution in [0, 0.1) is 6.92 Å². The minimum Gasteiger partial charge on any atom is -0.482 e. The van der Waals surface area contributed by atoms with E-state index in [0.29, 0.717) is 25.4 Å². The summed E-state index contributed by atoms with van der Waals surface area (Å²) in [5.74, 6) is 0.574. The minimum atomic E-state index is -0.212. The Hall–Kier alpha value is -2.35. The van der Waals surface area contributed by atoms with Crippen molar-refractivity contribution in [2.24, 2.45) is 7.05 Å². The lowest BCUT2D eigenvalue weighted by Gasteiger charge is -2.19. The van der Waals surface area contributed by atoms with Gasteiger partial charge < -0.3 is 14.8 Å². The molecule has 3 heterocycles. The molecule has 2 atom stereocenters. The first-order valence-corrected chi connectivity index (χ1v) is 7.13. The van der Waals surface area contributed by atoms with Crippen LogP contribution in [0.15, 0.2) is 18.6 Å². The van der Waals surface area contributed by atoms with Gasteiger partial charge >= 0.3 is 0 Å². The number of hydrogen-bond donors (Lipinski definition) is 2. The van der Waals surface area contributed by atoms with E-state index in [1.807, 2.05) is 14.0 Å². The Bertz CT molecular complexity index is 637. The van der Waals surface area contributed by atoms with Gasteiger partial charge in [0.05, 0.1) is 44.3 Å². The number of nitrogens with zero attached hydrogens (tertiary/aromatic N) is 3. The Morgan fingerprint density at radius 2 is 2.41 bits per heavy atom. The van der Waals surface area contributed by atoms with Crippen LogP contribution in [-0.2, 0) is 23.0 Å². The summed E-state index contributed by atoms with van der Waals surface area (Å²) in [6, 6.07) is -0.167. The SMILES string of the molecule is Cc1c(CC(=O)N[C@H]2COC[C@H]2Oc2cn[nH]c2)cnn1C. The maximum atomic E-state index is 12.2. The average molecular weight is 305 g/mol. The number of ether oxygens (including phenoxy) is 2. The van der Waals surface area contributed by atoms with Gasteiger partial charge in [0.1, 0.15) is 6.10 Å². The van der Waals surface area contributed by atoms with Crippen molar-refractivity contribution in [2.75, 3.05) is 13.2 Å². The molecule has 0 aromatic carbocycles. The summed E-state index contributed by atoms with van der Waals surface area (Å²) < 4.78 is 12.9. The fourth-order valence-corrected chi connectivity index (χ4v) is 2.41.